The van der Waals surface area contributed by atoms with Crippen molar-refractivity contribution in [2.45, 2.75) is 55.4 Å². The third-order valence-corrected chi connectivity index (χ3v) is 8.62. The van der Waals surface area contributed by atoms with Gasteiger partial charge in [-0.3, -0.25) is 4.72 Å². The molecule has 0 spiro atoms. The fourth-order valence-corrected chi connectivity index (χ4v) is 6.20. The molecule has 2 aromatic carbocycles. The van der Waals surface area contributed by atoms with Crippen LogP contribution in [0.1, 0.15) is 31.4 Å². The SMILES string of the molecule is COc1cc(SNC2CCOCC2)ccc1NCC#Cc1cc2c(NC3CCN(C)CC3)cccc2n1CC(F)(F)F. The Kier molecular flexibility index (Phi) is 10.1. The minimum absolute atomic E-state index is 0.247. The van der Waals surface area contributed by atoms with Crippen molar-refractivity contribution in [2.24, 2.45) is 0 Å². The summed E-state index contributed by atoms with van der Waals surface area (Å²) in [4.78, 5) is 3.31. The molecular weight excluding hydrogens is 563 g/mol. The lowest BCUT2D eigenvalue weighted by atomic mass is 10.0. The Morgan fingerprint density at radius 3 is 2.55 bits per heavy atom. The van der Waals surface area contributed by atoms with Crippen molar-refractivity contribution in [2.75, 3.05) is 57.6 Å². The van der Waals surface area contributed by atoms with Gasteiger partial charge in [-0.1, -0.05) is 12.0 Å². The first-order chi connectivity index (χ1) is 20.3. The van der Waals surface area contributed by atoms with E-state index in [-0.39, 0.29) is 12.6 Å². The number of alkyl halides is 3. The molecule has 0 saturated carbocycles. The summed E-state index contributed by atoms with van der Waals surface area (Å²) in [6.45, 7) is 2.69. The number of nitrogens with one attached hydrogen (secondary N) is 3. The fraction of sp³-hybridized carbons (Fsp3) is 0.484. The van der Waals surface area contributed by atoms with Crippen LogP contribution in [0.5, 0.6) is 5.75 Å². The molecule has 2 saturated heterocycles. The van der Waals surface area contributed by atoms with Crippen molar-refractivity contribution in [1.29, 1.82) is 0 Å². The number of methoxy groups -OCH3 is 1. The highest BCUT2D eigenvalue weighted by molar-refractivity contribution is 7.97. The van der Waals surface area contributed by atoms with Gasteiger partial charge in [-0.2, -0.15) is 13.2 Å². The number of aromatic nitrogens is 1. The summed E-state index contributed by atoms with van der Waals surface area (Å²) in [6, 6.07) is 13.8. The number of piperidine rings is 1. The lowest BCUT2D eigenvalue weighted by Gasteiger charge is -2.30. The highest BCUT2D eigenvalue weighted by Gasteiger charge is 2.30. The summed E-state index contributed by atoms with van der Waals surface area (Å²) in [6.07, 6.45) is -0.417. The van der Waals surface area contributed by atoms with E-state index in [0.29, 0.717) is 23.0 Å². The molecule has 0 amide bonds. The molecule has 0 radical (unpaired) electrons. The highest BCUT2D eigenvalue weighted by atomic mass is 32.2. The number of hydrogen-bond acceptors (Lipinski definition) is 7. The maximum atomic E-state index is 13.6. The van der Waals surface area contributed by atoms with E-state index in [2.05, 4.69) is 39.1 Å². The van der Waals surface area contributed by atoms with E-state index in [0.717, 1.165) is 73.6 Å². The maximum Gasteiger partial charge on any atom is 0.406 e. The van der Waals surface area contributed by atoms with E-state index < -0.39 is 12.7 Å². The normalized spacial score (nSPS) is 17.2. The van der Waals surface area contributed by atoms with Gasteiger partial charge in [0.1, 0.15) is 12.3 Å². The van der Waals surface area contributed by atoms with Crippen molar-refractivity contribution >= 4 is 34.2 Å². The van der Waals surface area contributed by atoms with Crippen LogP contribution in [0, 0.1) is 11.8 Å². The van der Waals surface area contributed by atoms with Gasteiger partial charge in [0.25, 0.3) is 0 Å². The molecule has 5 rings (SSSR count). The van der Waals surface area contributed by atoms with Crippen molar-refractivity contribution in [3.63, 3.8) is 0 Å². The molecule has 3 aromatic rings. The van der Waals surface area contributed by atoms with Gasteiger partial charge in [0.2, 0.25) is 0 Å². The topological polar surface area (TPSA) is 62.7 Å². The van der Waals surface area contributed by atoms with Crippen LogP contribution in [0.25, 0.3) is 10.9 Å². The second-order valence-electron chi connectivity index (χ2n) is 10.8. The molecule has 2 aliphatic rings. The Labute approximate surface area is 249 Å². The van der Waals surface area contributed by atoms with Gasteiger partial charge in [-0.25, -0.2) is 0 Å². The second-order valence-corrected chi connectivity index (χ2v) is 11.7. The van der Waals surface area contributed by atoms with E-state index in [1.807, 2.05) is 24.3 Å². The second kappa shape index (κ2) is 14.0. The number of benzene rings is 2. The Bertz CT molecular complexity index is 1400. The molecule has 3 N–H and O–H groups in total. The fourth-order valence-electron chi connectivity index (χ4n) is 5.36. The van der Waals surface area contributed by atoms with Gasteiger partial charge in [0, 0.05) is 41.3 Å². The van der Waals surface area contributed by atoms with Crippen molar-refractivity contribution in [3.05, 3.63) is 48.2 Å². The Balaban J connectivity index is 1.29. The van der Waals surface area contributed by atoms with Crippen LogP contribution in [0.3, 0.4) is 0 Å². The monoisotopic (exact) mass is 601 g/mol. The summed E-state index contributed by atoms with van der Waals surface area (Å²) in [5, 5.41) is 7.57. The third kappa shape index (κ3) is 8.07. The number of nitrogens with zero attached hydrogens (tertiary/aromatic N) is 2. The average Bonchev–Trinajstić information content (AvgIpc) is 3.32. The number of fused-ring (bicyclic) bond motifs is 1. The number of rotatable bonds is 9. The first-order valence-corrected chi connectivity index (χ1v) is 15.2. The number of hydrogen-bond donors (Lipinski definition) is 3. The molecule has 0 aliphatic carbocycles. The number of halogens is 3. The van der Waals surface area contributed by atoms with Gasteiger partial charge in [-0.05, 0) is 100 Å². The van der Waals surface area contributed by atoms with Gasteiger partial charge >= 0.3 is 6.18 Å². The molecule has 0 atom stereocenters. The summed E-state index contributed by atoms with van der Waals surface area (Å²) in [5.41, 5.74) is 2.46. The minimum atomic E-state index is -4.37. The third-order valence-electron chi connectivity index (χ3n) is 7.68. The quantitative estimate of drug-likeness (QED) is 0.207. The zero-order valence-electron chi connectivity index (χ0n) is 24.0. The standard InChI is InChI=1S/C31H38F3N5O2S/c1-38-15-10-22(11-16-38)36-27-6-3-7-29-26(27)19-24(39(29)21-31(32,33)34)5-4-14-35-28-9-8-25(20-30(28)40-2)42-37-23-12-17-41-18-13-23/h3,6-9,19-20,22-23,35-37H,10-18,21H2,1-2H3. The summed E-state index contributed by atoms with van der Waals surface area (Å²) >= 11 is 1.57. The van der Waals surface area contributed by atoms with Crippen molar-refractivity contribution in [3.8, 4) is 17.6 Å². The number of anilines is 2. The van der Waals surface area contributed by atoms with Crippen LogP contribution in [0.4, 0.5) is 24.5 Å². The molecule has 11 heteroatoms. The highest BCUT2D eigenvalue weighted by Crippen LogP contribution is 2.32. The molecule has 226 valence electrons. The smallest absolute Gasteiger partial charge is 0.406 e. The van der Waals surface area contributed by atoms with Crippen LogP contribution in [0.15, 0.2) is 47.4 Å². The van der Waals surface area contributed by atoms with Crippen molar-refractivity contribution in [1.82, 2.24) is 14.2 Å². The Morgan fingerprint density at radius 1 is 1.02 bits per heavy atom. The summed E-state index contributed by atoms with van der Waals surface area (Å²) in [5.74, 6) is 6.68. The van der Waals surface area contributed by atoms with E-state index in [1.54, 1.807) is 37.3 Å². The van der Waals surface area contributed by atoms with Gasteiger partial charge in [0.15, 0.2) is 0 Å². The Hall–Kier alpha value is -3.04. The maximum absolute atomic E-state index is 13.6. The lowest BCUT2D eigenvalue weighted by molar-refractivity contribution is -0.140. The molecule has 0 bridgehead atoms. The number of ether oxygens (including phenoxy) is 2. The van der Waals surface area contributed by atoms with Gasteiger partial charge < -0.3 is 29.6 Å². The average molecular weight is 602 g/mol. The van der Waals surface area contributed by atoms with E-state index in [9.17, 15) is 13.2 Å². The molecule has 42 heavy (non-hydrogen) atoms. The van der Waals surface area contributed by atoms with E-state index in [4.69, 9.17) is 9.47 Å². The predicted molar refractivity (Wildman–Crippen MR) is 163 cm³/mol. The molecular formula is C31H38F3N5O2S. The van der Waals surface area contributed by atoms with Crippen molar-refractivity contribution < 1.29 is 22.6 Å². The molecule has 1 aromatic heterocycles. The largest absolute Gasteiger partial charge is 0.495 e. The zero-order valence-corrected chi connectivity index (χ0v) is 24.8. The zero-order chi connectivity index (χ0) is 29.5. The van der Waals surface area contributed by atoms with Crippen LogP contribution < -0.4 is 20.1 Å². The molecule has 0 unspecified atom stereocenters. The van der Waals surface area contributed by atoms with E-state index in [1.165, 1.54) is 4.57 Å². The number of likely N-dealkylation sites (tertiary alicyclic amines) is 1. The molecule has 3 heterocycles. The van der Waals surface area contributed by atoms with Crippen LogP contribution in [-0.4, -0.2) is 74.7 Å². The summed E-state index contributed by atoms with van der Waals surface area (Å²) < 4.78 is 56.5. The molecule has 2 fully saturated rings. The molecule has 7 nitrogen and oxygen atoms in total. The first kappa shape index (κ1) is 30.4. The van der Waals surface area contributed by atoms with E-state index >= 15 is 0 Å². The molecule has 2 aliphatic heterocycles. The lowest BCUT2D eigenvalue weighted by Crippen LogP contribution is -2.36. The minimum Gasteiger partial charge on any atom is -0.495 e. The Morgan fingerprint density at radius 2 is 1.81 bits per heavy atom. The van der Waals surface area contributed by atoms with Gasteiger partial charge in [-0.15, -0.1) is 0 Å². The van der Waals surface area contributed by atoms with Crippen LogP contribution in [0.2, 0.25) is 0 Å². The van der Waals surface area contributed by atoms with Crippen LogP contribution in [-0.2, 0) is 11.3 Å². The van der Waals surface area contributed by atoms with Gasteiger partial charge in [0.05, 0.1) is 30.6 Å². The summed E-state index contributed by atoms with van der Waals surface area (Å²) in [7, 11) is 3.71. The predicted octanol–water partition coefficient (Wildman–Crippen LogP) is 5.96. The first-order valence-electron chi connectivity index (χ1n) is 14.3. The van der Waals surface area contributed by atoms with Crippen LogP contribution >= 0.6 is 11.9 Å².